The number of hydrogen-bond acceptors (Lipinski definition) is 16. The van der Waals surface area contributed by atoms with Gasteiger partial charge in [0, 0.05) is 6.42 Å². The van der Waals surface area contributed by atoms with E-state index in [4.69, 9.17) is 23.7 Å². The molecule has 11 atom stereocenters. The minimum Gasteiger partial charge on any atom is -0.539 e. The maximum atomic E-state index is 12.6. The summed E-state index contributed by atoms with van der Waals surface area (Å²) in [6, 6.07) is 0. The van der Waals surface area contributed by atoms with Crippen molar-refractivity contribution in [3.8, 4) is 0 Å². The van der Waals surface area contributed by atoms with E-state index in [9.17, 15) is 55.2 Å². The van der Waals surface area contributed by atoms with Gasteiger partial charge in [-0.05, 0) is 32.1 Å². The molecule has 2 heterocycles. The number of aliphatic carboxylic acids is 1. The molecule has 0 aromatic carbocycles. The predicted octanol–water partition coefficient (Wildman–Crippen LogP) is -2.75. The molecule has 0 spiro atoms. The summed E-state index contributed by atoms with van der Waals surface area (Å²) in [6.45, 7) is 0.661. The number of carbonyl (C=O) groups is 3. The second-order valence-electron chi connectivity index (χ2n) is 13.9. The molecule has 1 unspecified atom stereocenters. The Morgan fingerprint density at radius 2 is 1.08 bits per heavy atom. The van der Waals surface area contributed by atoms with Crippen molar-refractivity contribution in [3.05, 3.63) is 0 Å². The van der Waals surface area contributed by atoms with Crippen LogP contribution in [0.3, 0.4) is 0 Å². The Balaban J connectivity index is 0.0000140. The smallest absolute Gasteiger partial charge is 0.539 e. The molecule has 0 aromatic heterocycles. The van der Waals surface area contributed by atoms with Crippen LogP contribution < -0.4 is 34.7 Å². The van der Waals surface area contributed by atoms with E-state index in [0.29, 0.717) is 19.3 Å². The van der Waals surface area contributed by atoms with Gasteiger partial charge in [-0.2, -0.15) is 0 Å². The number of unbranched alkanes of at least 4 members (excludes halogenated alkanes) is 14. The van der Waals surface area contributed by atoms with Crippen molar-refractivity contribution in [2.45, 2.75) is 196 Å². The number of esters is 2. The minimum absolute atomic E-state index is 0. The molecule has 2 saturated heterocycles. The van der Waals surface area contributed by atoms with Gasteiger partial charge in [0.25, 0.3) is 0 Å². The molecule has 7 N–H and O–H groups in total. The van der Waals surface area contributed by atoms with Crippen molar-refractivity contribution in [2.24, 2.45) is 0 Å². The first-order valence-electron chi connectivity index (χ1n) is 19.1. The first-order chi connectivity index (χ1) is 24.9. The molecule has 2 rings (SSSR count). The van der Waals surface area contributed by atoms with Crippen LogP contribution in [0, 0.1) is 0 Å². The number of ether oxygens (including phenoxy) is 5. The summed E-state index contributed by atoms with van der Waals surface area (Å²) < 4.78 is 26.6. The molecule has 53 heavy (non-hydrogen) atoms. The van der Waals surface area contributed by atoms with E-state index in [2.05, 4.69) is 6.92 Å². The fraction of sp³-hybridized carbons (Fsp3) is 0.917. The Morgan fingerprint density at radius 1 is 0.623 bits per heavy atom. The van der Waals surface area contributed by atoms with Crippen LogP contribution in [0.5, 0.6) is 0 Å². The zero-order valence-electron chi connectivity index (χ0n) is 31.5. The average molecular weight is 775 g/mol. The SMILES string of the molecule is CCCCCC(CCCCCCCCCCCCCCCC(=O)O[C@@H]1[C@@H](O)[C@@H](O[C@H]2O[C@H](CO)[C@@H](O)[C@H](O)[C@H]2O)O[C@H](CO)[C@H]1O)OC(=O)C(=O)[O-].[Na+]. The van der Waals surface area contributed by atoms with Crippen LogP contribution in [0.4, 0.5) is 0 Å². The van der Waals surface area contributed by atoms with Crippen molar-refractivity contribution in [3.63, 3.8) is 0 Å². The van der Waals surface area contributed by atoms with Gasteiger partial charge in [0.1, 0.15) is 48.8 Å². The molecule has 16 nitrogen and oxygen atoms in total. The zero-order chi connectivity index (χ0) is 38.5. The van der Waals surface area contributed by atoms with Crippen LogP contribution in [0.2, 0.25) is 0 Å². The molecule has 0 bridgehead atoms. The molecular formula is C36H63NaO16. The second kappa shape index (κ2) is 28.4. The largest absolute Gasteiger partial charge is 1.00 e. The van der Waals surface area contributed by atoms with Gasteiger partial charge in [0.15, 0.2) is 24.7 Å². The fourth-order valence-electron chi connectivity index (χ4n) is 6.50. The molecule has 2 aliphatic heterocycles. The Labute approximate surface area is 334 Å². The Kier molecular flexibility index (Phi) is 26.8. The van der Waals surface area contributed by atoms with E-state index < -0.39 is 92.5 Å². The van der Waals surface area contributed by atoms with Gasteiger partial charge >= 0.3 is 41.5 Å². The number of carbonyl (C=O) groups excluding carboxylic acids is 3. The second-order valence-corrected chi connectivity index (χ2v) is 13.9. The Hall–Kier alpha value is -0.990. The van der Waals surface area contributed by atoms with Gasteiger partial charge in [0.05, 0.1) is 13.2 Å². The van der Waals surface area contributed by atoms with Gasteiger partial charge in [0.2, 0.25) is 0 Å². The van der Waals surface area contributed by atoms with Crippen molar-refractivity contribution in [2.75, 3.05) is 13.2 Å². The van der Waals surface area contributed by atoms with E-state index >= 15 is 0 Å². The molecule has 304 valence electrons. The number of rotatable bonds is 26. The topological polar surface area (TPSA) is 262 Å². The van der Waals surface area contributed by atoms with E-state index in [1.807, 2.05) is 0 Å². The zero-order valence-corrected chi connectivity index (χ0v) is 33.5. The van der Waals surface area contributed by atoms with E-state index in [0.717, 1.165) is 96.3 Å². The molecule has 0 amide bonds. The third-order valence-corrected chi connectivity index (χ3v) is 9.68. The standard InChI is InChI=1S/C36H64O16.Na/c1-2-3-15-18-23(48-34(47)33(45)46)19-16-13-11-9-7-5-4-6-8-10-12-14-17-20-26(39)51-32-28(41)25(22-38)50-36(31(32)44)52-35-30(43)29(42)27(40)24(21-37)49-35;/h23-25,27-32,35-38,40-44H,2-22H2,1H3,(H,45,46);/q;+1/p-1/t23?,24-,25-,27-,28-,29+,30-,31-,32+,35-,36-;/m1./s1. The molecule has 0 radical (unpaired) electrons. The van der Waals surface area contributed by atoms with E-state index in [1.54, 1.807) is 0 Å². The number of carboxylic acids is 1. The maximum Gasteiger partial charge on any atom is 1.00 e. The molecule has 0 aliphatic carbocycles. The summed E-state index contributed by atoms with van der Waals surface area (Å²) in [7, 11) is 0. The predicted molar refractivity (Wildman–Crippen MR) is 181 cm³/mol. The van der Waals surface area contributed by atoms with Gasteiger partial charge < -0.3 is 69.3 Å². The van der Waals surface area contributed by atoms with Crippen LogP contribution in [0.15, 0.2) is 0 Å². The van der Waals surface area contributed by atoms with Gasteiger partial charge in [-0.1, -0.05) is 90.4 Å². The number of hydrogen-bond donors (Lipinski definition) is 7. The summed E-state index contributed by atoms with van der Waals surface area (Å²) in [5, 5.41) is 81.4. The first kappa shape index (κ1) is 50.0. The van der Waals surface area contributed by atoms with Crippen LogP contribution in [-0.4, -0.2) is 134 Å². The van der Waals surface area contributed by atoms with Crippen LogP contribution >= 0.6 is 0 Å². The van der Waals surface area contributed by atoms with Gasteiger partial charge in [-0.15, -0.1) is 0 Å². The maximum absolute atomic E-state index is 12.6. The summed E-state index contributed by atoms with van der Waals surface area (Å²) in [6.07, 6.45) is 1.12. The van der Waals surface area contributed by atoms with Crippen molar-refractivity contribution in [1.29, 1.82) is 0 Å². The summed E-state index contributed by atoms with van der Waals surface area (Å²) in [5.41, 5.74) is 0. The normalized spacial score (nSPS) is 29.2. The average Bonchev–Trinajstić information content (AvgIpc) is 3.12. The molecule has 2 aliphatic rings. The van der Waals surface area contributed by atoms with Crippen LogP contribution in [0.25, 0.3) is 0 Å². The molecule has 2 fully saturated rings. The van der Waals surface area contributed by atoms with Crippen LogP contribution in [-0.2, 0) is 38.1 Å². The quantitative estimate of drug-likeness (QED) is 0.0203. The van der Waals surface area contributed by atoms with Gasteiger partial charge in [-0.3, -0.25) is 4.79 Å². The molecule has 0 saturated carbocycles. The third kappa shape index (κ3) is 18.2. The number of aliphatic hydroxyl groups excluding tert-OH is 7. The van der Waals surface area contributed by atoms with Crippen molar-refractivity contribution in [1.82, 2.24) is 0 Å². The first-order valence-corrected chi connectivity index (χ1v) is 19.1. The fourth-order valence-corrected chi connectivity index (χ4v) is 6.50. The number of carboxylic acid groups (broad SMARTS) is 1. The molecule has 17 heteroatoms. The van der Waals surface area contributed by atoms with E-state index in [-0.39, 0.29) is 42.1 Å². The minimum atomic E-state index is -1.79. The molecule has 0 aromatic rings. The van der Waals surface area contributed by atoms with Gasteiger partial charge in [-0.25, -0.2) is 4.79 Å². The summed E-state index contributed by atoms with van der Waals surface area (Å²) in [5.74, 6) is -3.74. The summed E-state index contributed by atoms with van der Waals surface area (Å²) >= 11 is 0. The Morgan fingerprint density at radius 3 is 1.57 bits per heavy atom. The number of aliphatic hydroxyl groups is 7. The van der Waals surface area contributed by atoms with Crippen molar-refractivity contribution < 1.29 is 108 Å². The van der Waals surface area contributed by atoms with Crippen molar-refractivity contribution >= 4 is 17.9 Å². The Bertz CT molecular complexity index is 1000. The van der Waals surface area contributed by atoms with Crippen LogP contribution in [0.1, 0.15) is 129 Å². The van der Waals surface area contributed by atoms with E-state index in [1.165, 1.54) is 0 Å². The third-order valence-electron chi connectivity index (χ3n) is 9.68. The molecular weight excluding hydrogens is 711 g/mol. The monoisotopic (exact) mass is 774 g/mol. The summed E-state index contributed by atoms with van der Waals surface area (Å²) in [4.78, 5) is 34.7.